The van der Waals surface area contributed by atoms with E-state index in [1.165, 1.54) is 19.3 Å². The first-order chi connectivity index (χ1) is 4.43. The molecule has 0 heterocycles. The van der Waals surface area contributed by atoms with Crippen LogP contribution in [0.5, 0.6) is 0 Å². The van der Waals surface area contributed by atoms with E-state index < -0.39 is 0 Å². The van der Waals surface area contributed by atoms with Gasteiger partial charge < -0.3 is 5.32 Å². The van der Waals surface area contributed by atoms with Crippen molar-refractivity contribution in [2.24, 2.45) is 0 Å². The molecule has 0 saturated heterocycles. The largest absolute Gasteiger partial charge is 0.311 e. The lowest BCUT2D eigenvalue weighted by molar-refractivity contribution is 0.351. The minimum absolute atomic E-state index is 0.834. The molecule has 0 atom stereocenters. The van der Waals surface area contributed by atoms with Crippen molar-refractivity contribution < 1.29 is 0 Å². The highest BCUT2D eigenvalue weighted by Gasteiger charge is 2.14. The predicted octanol–water partition coefficient (Wildman–Crippen LogP) is 1.70. The monoisotopic (exact) mass is 125 g/mol. The average Bonchev–Trinajstić information content (AvgIpc) is 1.76. The van der Waals surface area contributed by atoms with E-state index in [4.69, 9.17) is 0 Å². The topological polar surface area (TPSA) is 12.0 Å². The quantitative estimate of drug-likeness (QED) is 0.566. The molecule has 1 heteroatoms. The third-order valence-electron chi connectivity index (χ3n) is 1.87. The van der Waals surface area contributed by atoms with Gasteiger partial charge in [-0.05, 0) is 19.8 Å². The second kappa shape index (κ2) is 3.67. The Kier molecular flexibility index (Phi) is 2.78. The molecule has 0 spiro atoms. The second-order valence-corrected chi connectivity index (χ2v) is 2.61. The molecule has 1 rings (SSSR count). The van der Waals surface area contributed by atoms with Crippen LogP contribution in [0.3, 0.4) is 0 Å². The fraction of sp³-hybridized carbons (Fsp3) is 0.750. The van der Waals surface area contributed by atoms with Gasteiger partial charge in [-0.2, -0.15) is 0 Å². The van der Waals surface area contributed by atoms with Crippen molar-refractivity contribution in [1.29, 1.82) is 0 Å². The van der Waals surface area contributed by atoms with Crippen LogP contribution in [0.1, 0.15) is 26.2 Å². The van der Waals surface area contributed by atoms with Gasteiger partial charge in [-0.1, -0.05) is 18.6 Å². The molecule has 1 N–H and O–H groups in total. The van der Waals surface area contributed by atoms with Gasteiger partial charge in [-0.3, -0.25) is 0 Å². The molecule has 0 aliphatic heterocycles. The summed E-state index contributed by atoms with van der Waals surface area (Å²) in [4.78, 5) is 0. The first-order valence-corrected chi connectivity index (χ1v) is 3.78. The summed E-state index contributed by atoms with van der Waals surface area (Å²) in [5.74, 6) is 0. The van der Waals surface area contributed by atoms with Crippen molar-refractivity contribution in [3.63, 3.8) is 0 Å². The Morgan fingerprint density at radius 3 is 2.78 bits per heavy atom. The van der Waals surface area contributed by atoms with Gasteiger partial charge in [0.05, 0.1) is 0 Å². The van der Waals surface area contributed by atoms with Crippen LogP contribution in [0.25, 0.3) is 0 Å². The van der Waals surface area contributed by atoms with E-state index in [2.05, 4.69) is 24.4 Å². The minimum Gasteiger partial charge on any atom is -0.311 e. The van der Waals surface area contributed by atoms with Crippen LogP contribution in [-0.2, 0) is 0 Å². The average molecular weight is 125 g/mol. The Hall–Kier alpha value is -0.300. The maximum Gasteiger partial charge on any atom is 0.0137 e. The van der Waals surface area contributed by atoms with Crippen molar-refractivity contribution in [3.05, 3.63) is 12.2 Å². The number of allylic oxidation sites excluding steroid dienone is 1. The maximum absolute atomic E-state index is 3.43. The molecule has 1 aliphatic rings. The molecule has 1 saturated carbocycles. The summed E-state index contributed by atoms with van der Waals surface area (Å²) in [6.07, 6.45) is 8.45. The summed E-state index contributed by atoms with van der Waals surface area (Å²) < 4.78 is 0. The number of hydrogen-bond acceptors (Lipinski definition) is 1. The van der Waals surface area contributed by atoms with Crippen molar-refractivity contribution in [2.45, 2.75) is 32.2 Å². The fourth-order valence-corrected chi connectivity index (χ4v) is 0.965. The molecule has 1 fully saturated rings. The lowest BCUT2D eigenvalue weighted by Crippen LogP contribution is -2.34. The molecule has 0 amide bonds. The van der Waals surface area contributed by atoms with Crippen LogP contribution in [0.2, 0.25) is 0 Å². The summed E-state index contributed by atoms with van der Waals surface area (Å²) in [6, 6.07) is 0.834. The van der Waals surface area contributed by atoms with E-state index >= 15 is 0 Å². The zero-order valence-electron chi connectivity index (χ0n) is 6.06. The Labute approximate surface area is 57.1 Å². The van der Waals surface area contributed by atoms with Gasteiger partial charge in [0.2, 0.25) is 0 Å². The van der Waals surface area contributed by atoms with Gasteiger partial charge >= 0.3 is 0 Å². The molecule has 52 valence electrons. The zero-order chi connectivity index (χ0) is 6.53. The van der Waals surface area contributed by atoms with Crippen LogP contribution in [-0.4, -0.2) is 12.6 Å². The molecule has 9 heavy (non-hydrogen) atoms. The van der Waals surface area contributed by atoms with Crippen LogP contribution < -0.4 is 5.32 Å². The third kappa shape index (κ3) is 2.19. The summed E-state index contributed by atoms with van der Waals surface area (Å²) in [5, 5.41) is 3.43. The van der Waals surface area contributed by atoms with Crippen LogP contribution in [0.4, 0.5) is 0 Å². The van der Waals surface area contributed by atoms with E-state index in [1.807, 2.05) is 0 Å². The van der Waals surface area contributed by atoms with Crippen molar-refractivity contribution in [2.75, 3.05) is 6.54 Å². The van der Waals surface area contributed by atoms with E-state index in [-0.39, 0.29) is 0 Å². The van der Waals surface area contributed by atoms with Crippen LogP contribution in [0.15, 0.2) is 12.2 Å². The highest BCUT2D eigenvalue weighted by Crippen LogP contribution is 2.17. The van der Waals surface area contributed by atoms with E-state index in [9.17, 15) is 0 Å². The SMILES string of the molecule is C/C=C/CNC1CCC1. The fourth-order valence-electron chi connectivity index (χ4n) is 0.965. The van der Waals surface area contributed by atoms with Crippen molar-refractivity contribution in [1.82, 2.24) is 5.32 Å². The molecule has 0 unspecified atom stereocenters. The van der Waals surface area contributed by atoms with Crippen LogP contribution >= 0.6 is 0 Å². The summed E-state index contributed by atoms with van der Waals surface area (Å²) in [5.41, 5.74) is 0. The number of nitrogens with one attached hydrogen (secondary N) is 1. The van der Waals surface area contributed by atoms with Gasteiger partial charge in [-0.25, -0.2) is 0 Å². The Morgan fingerprint density at radius 1 is 1.56 bits per heavy atom. The molecule has 0 aromatic rings. The Balaban J connectivity index is 1.91. The van der Waals surface area contributed by atoms with Crippen LogP contribution in [0, 0.1) is 0 Å². The minimum atomic E-state index is 0.834. The smallest absolute Gasteiger partial charge is 0.0137 e. The molecular formula is C8H15N. The lowest BCUT2D eigenvalue weighted by atomic mass is 9.93. The van der Waals surface area contributed by atoms with Crippen molar-refractivity contribution in [3.8, 4) is 0 Å². The van der Waals surface area contributed by atoms with E-state index in [0.29, 0.717) is 0 Å². The molecule has 0 radical (unpaired) electrons. The number of hydrogen-bond donors (Lipinski definition) is 1. The van der Waals surface area contributed by atoms with Crippen molar-refractivity contribution >= 4 is 0 Å². The second-order valence-electron chi connectivity index (χ2n) is 2.61. The predicted molar refractivity (Wildman–Crippen MR) is 40.5 cm³/mol. The standard InChI is InChI=1S/C8H15N/c1-2-3-7-9-8-5-4-6-8/h2-3,8-9H,4-7H2,1H3/b3-2+. The Morgan fingerprint density at radius 2 is 2.33 bits per heavy atom. The van der Waals surface area contributed by atoms with Gasteiger partial charge in [-0.15, -0.1) is 0 Å². The molecular weight excluding hydrogens is 110 g/mol. The Bertz CT molecular complexity index is 92.7. The molecule has 1 aliphatic carbocycles. The zero-order valence-corrected chi connectivity index (χ0v) is 6.06. The lowest BCUT2D eigenvalue weighted by Gasteiger charge is -2.25. The molecule has 0 aromatic carbocycles. The maximum atomic E-state index is 3.43. The highest BCUT2D eigenvalue weighted by molar-refractivity contribution is 4.84. The highest BCUT2D eigenvalue weighted by atomic mass is 14.9. The molecule has 1 nitrogen and oxygen atoms in total. The normalized spacial score (nSPS) is 20.6. The molecule has 0 bridgehead atoms. The van der Waals surface area contributed by atoms with Gasteiger partial charge in [0.15, 0.2) is 0 Å². The van der Waals surface area contributed by atoms with Gasteiger partial charge in [0, 0.05) is 12.6 Å². The first kappa shape index (κ1) is 6.81. The van der Waals surface area contributed by atoms with E-state index in [1.54, 1.807) is 0 Å². The number of rotatable bonds is 3. The summed E-state index contributed by atoms with van der Waals surface area (Å²) in [7, 11) is 0. The van der Waals surface area contributed by atoms with Gasteiger partial charge in [0.25, 0.3) is 0 Å². The van der Waals surface area contributed by atoms with Gasteiger partial charge in [0.1, 0.15) is 0 Å². The summed E-state index contributed by atoms with van der Waals surface area (Å²) in [6.45, 7) is 3.11. The summed E-state index contributed by atoms with van der Waals surface area (Å²) >= 11 is 0. The molecule has 0 aromatic heterocycles. The first-order valence-electron chi connectivity index (χ1n) is 3.78. The van der Waals surface area contributed by atoms with E-state index in [0.717, 1.165) is 12.6 Å². The third-order valence-corrected chi connectivity index (χ3v) is 1.87.